The van der Waals surface area contributed by atoms with E-state index in [1.54, 1.807) is 12.1 Å². The Labute approximate surface area is 528 Å². The van der Waals surface area contributed by atoms with Crippen molar-refractivity contribution in [1.82, 2.24) is 0 Å². The van der Waals surface area contributed by atoms with Gasteiger partial charge < -0.3 is 144 Å². The van der Waals surface area contributed by atoms with Crippen molar-refractivity contribution in [2.45, 2.75) is 129 Å². The molecule has 0 aliphatic carbocycles. The molecular formula is C60H65O34+. The van der Waals surface area contributed by atoms with Crippen LogP contribution in [-0.4, -0.2) is 265 Å². The molecule has 0 radical (unpaired) electrons. The molecule has 0 saturated carbocycles. The van der Waals surface area contributed by atoms with Crippen molar-refractivity contribution in [3.63, 3.8) is 0 Å². The molecular weight excluding hydrogens is 1260 g/mol. The van der Waals surface area contributed by atoms with Gasteiger partial charge in [0.2, 0.25) is 36.7 Å². The Morgan fingerprint density at radius 3 is 1.33 bits per heavy atom. The molecule has 9 rings (SSSR count). The molecule has 34 heteroatoms. The summed E-state index contributed by atoms with van der Waals surface area (Å²) in [6, 6.07) is 16.3. The van der Waals surface area contributed by atoms with Crippen LogP contribution in [0, 0.1) is 0 Å². The lowest BCUT2D eigenvalue weighted by Crippen LogP contribution is -2.60. The Morgan fingerprint density at radius 2 is 0.872 bits per heavy atom. The number of fused-ring (bicyclic) bond motifs is 1. The molecule has 0 amide bonds. The molecule has 5 heterocycles. The minimum atomic E-state index is -2.22. The van der Waals surface area contributed by atoms with Crippen LogP contribution in [0.3, 0.4) is 0 Å². The molecule has 5 aromatic rings. The number of aliphatic carboxylic acids is 1. The third-order valence-electron chi connectivity index (χ3n) is 15.0. The molecule has 0 bridgehead atoms. The zero-order valence-electron chi connectivity index (χ0n) is 48.5. The molecule has 18 N–H and O–H groups in total. The number of ether oxygens (including phenoxy) is 11. The van der Waals surface area contributed by atoms with Crippen LogP contribution in [0.25, 0.3) is 34.4 Å². The minimum absolute atomic E-state index is 0.0180. The van der Waals surface area contributed by atoms with Gasteiger partial charge in [-0.15, -0.1) is 0 Å². The van der Waals surface area contributed by atoms with Gasteiger partial charge in [-0.3, -0.25) is 9.59 Å². The number of phenols is 4. The van der Waals surface area contributed by atoms with Crippen molar-refractivity contribution in [2.75, 3.05) is 26.4 Å². The average Bonchev–Trinajstić information content (AvgIpc) is 0.766. The first-order chi connectivity index (χ1) is 44.7. The summed E-state index contributed by atoms with van der Waals surface area (Å²) in [6.45, 7) is -3.26. The quantitative estimate of drug-likeness (QED) is 0.0105. The van der Waals surface area contributed by atoms with Crippen LogP contribution in [0.2, 0.25) is 0 Å². The summed E-state index contributed by atoms with van der Waals surface area (Å²) < 4.78 is 67.4. The Morgan fingerprint density at radius 1 is 0.457 bits per heavy atom. The number of aliphatic hydroxyl groups excluding tert-OH is 13. The van der Waals surface area contributed by atoms with Crippen LogP contribution in [0.5, 0.6) is 46.0 Å². The minimum Gasteiger partial charge on any atom is -0.508 e. The number of hydrogen-bond acceptors (Lipinski definition) is 32. The number of hydrogen-bond donors (Lipinski definition) is 18. The van der Waals surface area contributed by atoms with Crippen LogP contribution in [0.1, 0.15) is 17.5 Å². The maximum absolute atomic E-state index is 13.1. The van der Waals surface area contributed by atoms with Gasteiger partial charge in [0.25, 0.3) is 0 Å². The average molecular weight is 1330 g/mol. The molecule has 4 aromatic carbocycles. The van der Waals surface area contributed by atoms with Crippen molar-refractivity contribution in [3.05, 3.63) is 102 Å². The number of aliphatic hydroxyl groups is 13. The summed E-state index contributed by atoms with van der Waals surface area (Å²) in [4.78, 5) is 48.6. The summed E-state index contributed by atoms with van der Waals surface area (Å²) in [6.07, 6.45) is -34.7. The fourth-order valence-corrected chi connectivity index (χ4v) is 9.84. The number of aromatic hydroxyl groups is 4. The van der Waals surface area contributed by atoms with Gasteiger partial charge in [-0.25, -0.2) is 14.0 Å². The van der Waals surface area contributed by atoms with Crippen LogP contribution in [0.4, 0.5) is 0 Å². The number of carbonyl (C=O) groups excluding carboxylic acids is 3. The Kier molecular flexibility index (Phi) is 22.4. The van der Waals surface area contributed by atoms with Gasteiger partial charge in [0.15, 0.2) is 11.5 Å². The molecule has 94 heavy (non-hydrogen) atoms. The van der Waals surface area contributed by atoms with Crippen molar-refractivity contribution in [3.8, 4) is 57.3 Å². The topological polar surface area (TPSA) is 545 Å². The van der Waals surface area contributed by atoms with E-state index in [4.69, 9.17) is 61.6 Å². The summed E-state index contributed by atoms with van der Waals surface area (Å²) in [5.41, 5.74) is 0.181. The highest BCUT2D eigenvalue weighted by molar-refractivity contribution is 5.91. The predicted molar refractivity (Wildman–Crippen MR) is 305 cm³/mol. The lowest BCUT2D eigenvalue weighted by Gasteiger charge is -2.40. The molecule has 34 nitrogen and oxygen atoms in total. The first-order valence-electron chi connectivity index (χ1n) is 28.4. The molecule has 4 aliphatic rings. The molecule has 20 atom stereocenters. The monoisotopic (exact) mass is 1330 g/mol. The normalized spacial score (nSPS) is 31.2. The van der Waals surface area contributed by atoms with Crippen LogP contribution >= 0.6 is 0 Å². The second kappa shape index (κ2) is 30.2. The van der Waals surface area contributed by atoms with Gasteiger partial charge >= 0.3 is 35.2 Å². The van der Waals surface area contributed by atoms with Crippen molar-refractivity contribution >= 4 is 47.0 Å². The van der Waals surface area contributed by atoms with E-state index in [1.165, 1.54) is 48.6 Å². The highest BCUT2D eigenvalue weighted by atomic mass is 16.7. The summed E-state index contributed by atoms with van der Waals surface area (Å²) in [5, 5.41) is 191. The third kappa shape index (κ3) is 16.3. The maximum Gasteiger partial charge on any atom is 0.402 e. The van der Waals surface area contributed by atoms with Crippen molar-refractivity contribution in [1.29, 1.82) is 0 Å². The van der Waals surface area contributed by atoms with Crippen LogP contribution in [-0.2, 0) is 52.3 Å². The van der Waals surface area contributed by atoms with Crippen molar-refractivity contribution < 1.29 is 168 Å². The summed E-state index contributed by atoms with van der Waals surface area (Å²) in [7, 11) is 0. The van der Waals surface area contributed by atoms with E-state index in [2.05, 4.69) is 0 Å². The van der Waals surface area contributed by atoms with Gasteiger partial charge in [-0.1, -0.05) is 24.3 Å². The Bertz CT molecular complexity index is 3530. The fourth-order valence-electron chi connectivity index (χ4n) is 9.84. The highest BCUT2D eigenvalue weighted by Crippen LogP contribution is 2.47. The van der Waals surface area contributed by atoms with Gasteiger partial charge in [-0.2, -0.15) is 0 Å². The molecule has 4 fully saturated rings. The maximum atomic E-state index is 13.1. The number of esters is 3. The number of phenolic OH excluding ortho intramolecular Hbond substituents is 4. The zero-order valence-corrected chi connectivity index (χ0v) is 48.5. The molecule has 1 aromatic heterocycles. The van der Waals surface area contributed by atoms with Crippen molar-refractivity contribution in [2.24, 2.45) is 0 Å². The largest absolute Gasteiger partial charge is 0.508 e. The van der Waals surface area contributed by atoms with E-state index in [9.17, 15) is 106 Å². The number of carboxylic acids is 1. The molecule has 0 unspecified atom stereocenters. The first kappa shape index (κ1) is 69.7. The van der Waals surface area contributed by atoms with Gasteiger partial charge in [-0.05, 0) is 47.5 Å². The first-order valence-corrected chi connectivity index (χ1v) is 28.4. The van der Waals surface area contributed by atoms with E-state index < -0.39 is 225 Å². The summed E-state index contributed by atoms with van der Waals surface area (Å²) >= 11 is 0. The van der Waals surface area contributed by atoms with E-state index >= 15 is 0 Å². The molecule has 4 aliphatic heterocycles. The van der Waals surface area contributed by atoms with Crippen LogP contribution in [0.15, 0.2) is 95.4 Å². The summed E-state index contributed by atoms with van der Waals surface area (Å²) in [5.74, 6) is -9.75. The fraction of sp³-hybridized carbons (Fsp3) is 0.417. The standard InChI is InChI=1S/C60H64O34/c61-19-35-44(71)48(75)53(80)58(91-35)88-32-13-25(56-34(17-29-30(64)15-27(63)16-31(29)87-56)90-60-55(82)51(78)47(74)38(94-60)22-85-42(69)18-39(65)66)14-33(43(32)70)89-59-54(81)50(77)46(73)37(93-59)21-84-41(68)12-6-24-3-9-28(10-4-24)86-57-52(79)49(76)45(72)36(92-57)20-83-40(67)11-5-23-1-7-26(62)8-2-23/h1-17,35-38,44-55,57-61,71-82H,18-22H2,(H4-,62,63,64,65,66,67,70)/p+1/b12-6+/t35-,36-,37+,38-,44-,45-,46-,47-,48+,49+,50+,51+,52-,53+,54-,55-,57-,58-,59-,60-/m1/s1. The predicted octanol–water partition coefficient (Wildman–Crippen LogP) is -3.53. The zero-order chi connectivity index (χ0) is 68.0. The Balaban J connectivity index is 0.919. The van der Waals surface area contributed by atoms with E-state index in [1.807, 2.05) is 0 Å². The molecule has 0 spiro atoms. The smallest absolute Gasteiger partial charge is 0.402 e. The van der Waals surface area contributed by atoms with Gasteiger partial charge in [0.05, 0.1) is 18.2 Å². The van der Waals surface area contributed by atoms with Gasteiger partial charge in [0.1, 0.15) is 152 Å². The Hall–Kier alpha value is -8.63. The highest BCUT2D eigenvalue weighted by Gasteiger charge is 2.50. The number of benzene rings is 4. The second-order valence-corrected chi connectivity index (χ2v) is 21.7. The second-order valence-electron chi connectivity index (χ2n) is 21.7. The SMILES string of the molecule is O=C(O)CC(=O)OC[C@H]1O[C@@H](Oc2cc3c(O)cc(O)cc3[o+]c2-c2cc(O[C@@H]3O[C@H](CO)[C@@H](O)[C@H](O)[C@@H]3O)c(O)c(O[C@@H]3O[C@@H](COC(=O)/C=C/c4ccc(O[C@@H]5O[C@H](COC(=O)C=Cc6ccc(O)cc6)[C@@H](O)[C@H](O)[C@H]5O)cc4)[C@@H](O)[C@H](O)[C@H]3O)c2)[C@H](O)[C@@H](O)[C@@H]1O. The van der Waals surface area contributed by atoms with E-state index in [-0.39, 0.29) is 22.5 Å². The lowest BCUT2D eigenvalue weighted by molar-refractivity contribution is -0.279. The van der Waals surface area contributed by atoms with E-state index in [0.29, 0.717) is 11.1 Å². The molecule has 4 saturated heterocycles. The number of carbonyl (C=O) groups is 4. The number of carboxylic acid groups (broad SMARTS) is 1. The molecule has 508 valence electrons. The number of rotatable bonds is 22. The lowest BCUT2D eigenvalue weighted by atomic mass is 9.99. The van der Waals surface area contributed by atoms with Crippen LogP contribution < -0.4 is 18.9 Å². The van der Waals surface area contributed by atoms with E-state index in [0.717, 1.165) is 42.5 Å². The van der Waals surface area contributed by atoms with Gasteiger partial charge in [0, 0.05) is 36.4 Å². The third-order valence-corrected chi connectivity index (χ3v) is 15.0.